The van der Waals surface area contributed by atoms with E-state index < -0.39 is 0 Å². The second kappa shape index (κ2) is 12.3. The maximum absolute atomic E-state index is 12.7. The summed E-state index contributed by atoms with van der Waals surface area (Å²) in [5.74, 6) is -0.231. The van der Waals surface area contributed by atoms with E-state index in [2.05, 4.69) is 35.4 Å². The Bertz CT molecular complexity index is 1090. The molecule has 1 heterocycles. The fraction of sp³-hybridized carbons (Fsp3) is 0.346. The van der Waals surface area contributed by atoms with Gasteiger partial charge in [-0.3, -0.25) is 9.59 Å². The summed E-state index contributed by atoms with van der Waals surface area (Å²) in [7, 11) is 0. The summed E-state index contributed by atoms with van der Waals surface area (Å²) in [6.07, 6.45) is 1.91. The average Bonchev–Trinajstić information content (AvgIpc) is 2.99. The summed E-state index contributed by atoms with van der Waals surface area (Å²) in [5, 5.41) is 6.92. The van der Waals surface area contributed by atoms with Gasteiger partial charge in [-0.15, -0.1) is 0 Å². The van der Waals surface area contributed by atoms with Crippen molar-refractivity contribution >= 4 is 51.4 Å². The topological polar surface area (TPSA) is 83.0 Å². The number of anilines is 3. The monoisotopic (exact) mass is 480 g/mol. The molecule has 0 unspecified atom stereocenters. The number of nitrogens with zero attached hydrogens (tertiary/aromatic N) is 2. The van der Waals surface area contributed by atoms with E-state index in [1.165, 1.54) is 11.8 Å². The third kappa shape index (κ3) is 6.87. The number of benzene rings is 2. The van der Waals surface area contributed by atoms with Crippen LogP contribution in [-0.2, 0) is 14.3 Å². The van der Waals surface area contributed by atoms with Crippen molar-refractivity contribution in [3.63, 3.8) is 0 Å². The van der Waals surface area contributed by atoms with Crippen LogP contribution in [0.4, 0.5) is 22.7 Å². The van der Waals surface area contributed by atoms with E-state index in [0.717, 1.165) is 41.4 Å². The van der Waals surface area contributed by atoms with Crippen molar-refractivity contribution in [2.45, 2.75) is 34.1 Å². The molecule has 34 heavy (non-hydrogen) atoms. The van der Waals surface area contributed by atoms with Crippen LogP contribution in [0.5, 0.6) is 0 Å². The molecule has 7 nitrogen and oxygen atoms in total. The highest BCUT2D eigenvalue weighted by atomic mass is 32.2. The first-order chi connectivity index (χ1) is 16.4. The number of hydrogen-bond acceptors (Lipinski definition) is 7. The summed E-state index contributed by atoms with van der Waals surface area (Å²) < 4.78 is 5.09. The van der Waals surface area contributed by atoms with Crippen LogP contribution in [0, 0.1) is 6.92 Å². The summed E-state index contributed by atoms with van der Waals surface area (Å²) in [4.78, 5) is 31.7. The molecule has 0 saturated carbocycles. The molecule has 0 spiro atoms. The van der Waals surface area contributed by atoms with Gasteiger partial charge in [-0.25, -0.2) is 4.99 Å². The Morgan fingerprint density at radius 3 is 2.59 bits per heavy atom. The molecule has 0 aliphatic carbocycles. The fourth-order valence-electron chi connectivity index (χ4n) is 3.62. The zero-order valence-corrected chi connectivity index (χ0v) is 21.0. The van der Waals surface area contributed by atoms with E-state index in [1.807, 2.05) is 43.3 Å². The third-order valence-electron chi connectivity index (χ3n) is 5.33. The Morgan fingerprint density at radius 2 is 1.88 bits per heavy atom. The quantitative estimate of drug-likeness (QED) is 0.461. The number of aliphatic imine (C=N–C) groups is 1. The number of hydrogen-bond donors (Lipinski definition) is 2. The number of carbonyl (C=O) groups excluding carboxylic acids is 2. The molecular formula is C26H32N4O3S. The first kappa shape index (κ1) is 25.4. The largest absolute Gasteiger partial charge is 0.466 e. The number of rotatable bonds is 9. The van der Waals surface area contributed by atoms with Crippen molar-refractivity contribution in [3.8, 4) is 0 Å². The SMILES string of the molecule is CCOC(=O)CC1=CC(SCC(=O)Nc2ccc(N(CC)CC)cc2C)=Nc2ccccc2N1. The summed E-state index contributed by atoms with van der Waals surface area (Å²) in [6.45, 7) is 10.2. The number of thioether (sulfide) groups is 1. The molecule has 2 N–H and O–H groups in total. The molecule has 0 atom stereocenters. The molecule has 3 rings (SSSR count). The normalized spacial score (nSPS) is 12.5. The lowest BCUT2D eigenvalue weighted by Crippen LogP contribution is -2.22. The fourth-order valence-corrected chi connectivity index (χ4v) is 4.36. The van der Waals surface area contributed by atoms with Gasteiger partial charge in [0.1, 0.15) is 0 Å². The van der Waals surface area contributed by atoms with Gasteiger partial charge in [0.05, 0.1) is 35.2 Å². The summed E-state index contributed by atoms with van der Waals surface area (Å²) in [5.41, 5.74) is 5.20. The van der Waals surface area contributed by atoms with Crippen molar-refractivity contribution in [2.24, 2.45) is 4.99 Å². The first-order valence-corrected chi connectivity index (χ1v) is 12.5. The number of fused-ring (bicyclic) bond motifs is 1. The molecule has 0 bridgehead atoms. The van der Waals surface area contributed by atoms with E-state index in [0.29, 0.717) is 17.3 Å². The van der Waals surface area contributed by atoms with Gasteiger partial charge in [0, 0.05) is 30.2 Å². The number of nitrogens with one attached hydrogen (secondary N) is 2. The van der Waals surface area contributed by atoms with Crippen LogP contribution in [0.2, 0.25) is 0 Å². The Labute approximate surface area is 205 Å². The standard InChI is InChI=1S/C26H32N4O3S/c1-5-30(6-2)20-12-13-21(18(4)14-20)28-24(31)17-34-25-15-19(16-26(32)33-7-3)27-22-10-8-9-11-23(22)29-25/h8-15,27H,5-7,16-17H2,1-4H3,(H,28,31). The number of ether oxygens (including phenoxy) is 1. The molecule has 8 heteroatoms. The molecule has 2 aromatic rings. The van der Waals surface area contributed by atoms with Gasteiger partial charge in [0.15, 0.2) is 0 Å². The van der Waals surface area contributed by atoms with Gasteiger partial charge in [0.25, 0.3) is 0 Å². The zero-order chi connectivity index (χ0) is 24.5. The molecule has 1 aliphatic rings. The van der Waals surface area contributed by atoms with Gasteiger partial charge in [-0.05, 0) is 69.7 Å². The molecule has 2 aromatic carbocycles. The van der Waals surface area contributed by atoms with Crippen molar-refractivity contribution in [1.82, 2.24) is 0 Å². The van der Waals surface area contributed by atoms with Crippen LogP contribution in [-0.4, -0.2) is 42.4 Å². The summed E-state index contributed by atoms with van der Waals surface area (Å²) >= 11 is 1.33. The van der Waals surface area contributed by atoms with Gasteiger partial charge < -0.3 is 20.3 Å². The predicted molar refractivity (Wildman–Crippen MR) is 142 cm³/mol. The molecule has 1 amide bonds. The Hall–Kier alpha value is -3.26. The first-order valence-electron chi connectivity index (χ1n) is 11.5. The van der Waals surface area contributed by atoms with Gasteiger partial charge >= 0.3 is 5.97 Å². The minimum atomic E-state index is -0.314. The van der Waals surface area contributed by atoms with E-state index in [9.17, 15) is 9.59 Å². The van der Waals surface area contributed by atoms with Crippen molar-refractivity contribution < 1.29 is 14.3 Å². The van der Waals surface area contributed by atoms with Crippen LogP contribution in [0.1, 0.15) is 32.8 Å². The molecule has 180 valence electrons. The van der Waals surface area contributed by atoms with Crippen LogP contribution in [0.15, 0.2) is 59.2 Å². The lowest BCUT2D eigenvalue weighted by molar-refractivity contribution is -0.142. The Kier molecular flexibility index (Phi) is 9.16. The van der Waals surface area contributed by atoms with E-state index in [-0.39, 0.29) is 24.1 Å². The van der Waals surface area contributed by atoms with E-state index >= 15 is 0 Å². The molecule has 0 fully saturated rings. The number of esters is 1. The molecule has 0 radical (unpaired) electrons. The highest BCUT2D eigenvalue weighted by molar-refractivity contribution is 8.14. The zero-order valence-electron chi connectivity index (χ0n) is 20.2. The van der Waals surface area contributed by atoms with Crippen molar-refractivity contribution in [2.75, 3.05) is 41.0 Å². The molecule has 1 aliphatic heterocycles. The van der Waals surface area contributed by atoms with Gasteiger partial charge in [0.2, 0.25) is 5.91 Å². The lowest BCUT2D eigenvalue weighted by atomic mass is 10.1. The molecule has 0 saturated heterocycles. The van der Waals surface area contributed by atoms with Crippen LogP contribution < -0.4 is 15.5 Å². The lowest BCUT2D eigenvalue weighted by Gasteiger charge is -2.22. The Balaban J connectivity index is 1.69. The van der Waals surface area contributed by atoms with E-state index in [1.54, 1.807) is 13.0 Å². The van der Waals surface area contributed by atoms with E-state index in [4.69, 9.17) is 9.73 Å². The minimum Gasteiger partial charge on any atom is -0.466 e. The maximum atomic E-state index is 12.7. The highest BCUT2D eigenvalue weighted by Gasteiger charge is 2.16. The predicted octanol–water partition coefficient (Wildman–Crippen LogP) is 5.51. The second-order valence-corrected chi connectivity index (χ2v) is 8.75. The minimum absolute atomic E-state index is 0.103. The molecule has 0 aromatic heterocycles. The number of carbonyl (C=O) groups is 2. The molecular weight excluding hydrogens is 448 g/mol. The van der Waals surface area contributed by atoms with Gasteiger partial charge in [-0.1, -0.05) is 23.9 Å². The number of aryl methyl sites for hydroxylation is 1. The average molecular weight is 481 g/mol. The number of para-hydroxylation sites is 2. The maximum Gasteiger partial charge on any atom is 0.311 e. The number of amides is 1. The van der Waals surface area contributed by atoms with Crippen molar-refractivity contribution in [1.29, 1.82) is 0 Å². The van der Waals surface area contributed by atoms with Crippen LogP contribution >= 0.6 is 11.8 Å². The van der Waals surface area contributed by atoms with Crippen LogP contribution in [0.3, 0.4) is 0 Å². The third-order valence-corrected chi connectivity index (χ3v) is 6.24. The van der Waals surface area contributed by atoms with Crippen LogP contribution in [0.25, 0.3) is 0 Å². The highest BCUT2D eigenvalue weighted by Crippen LogP contribution is 2.31. The van der Waals surface area contributed by atoms with Gasteiger partial charge in [-0.2, -0.15) is 0 Å². The smallest absolute Gasteiger partial charge is 0.311 e. The van der Waals surface area contributed by atoms with Crippen molar-refractivity contribution in [3.05, 3.63) is 59.8 Å². The Morgan fingerprint density at radius 1 is 1.12 bits per heavy atom. The second-order valence-electron chi connectivity index (χ2n) is 7.75. The summed E-state index contributed by atoms with van der Waals surface area (Å²) in [6, 6.07) is 13.7.